The van der Waals surface area contributed by atoms with Crippen LogP contribution in [0.4, 0.5) is 0 Å². The van der Waals surface area contributed by atoms with Crippen LogP contribution < -0.4 is 0 Å². The first-order valence-electron chi connectivity index (χ1n) is 7.90. The highest BCUT2D eigenvalue weighted by atomic mass is 16.5. The number of aromatic amines is 1. The molecule has 3 aromatic rings. The first-order chi connectivity index (χ1) is 11.3. The summed E-state index contributed by atoms with van der Waals surface area (Å²) in [6, 6.07) is 7.72. The molecule has 0 aliphatic heterocycles. The van der Waals surface area contributed by atoms with Crippen LogP contribution >= 0.6 is 0 Å². The van der Waals surface area contributed by atoms with Gasteiger partial charge in [-0.15, -0.1) is 0 Å². The molecular weight excluding hydrogens is 290 g/mol. The lowest BCUT2D eigenvalue weighted by Gasteiger charge is -2.13. The van der Waals surface area contributed by atoms with Crippen molar-refractivity contribution in [3.63, 3.8) is 0 Å². The molecule has 0 fully saturated rings. The maximum Gasteiger partial charge on any atom is 0.151 e. The van der Waals surface area contributed by atoms with E-state index in [1.54, 1.807) is 6.20 Å². The van der Waals surface area contributed by atoms with Crippen LogP contribution in [0.2, 0.25) is 0 Å². The van der Waals surface area contributed by atoms with Gasteiger partial charge in [-0.05, 0) is 44.0 Å². The van der Waals surface area contributed by atoms with Crippen LogP contribution in [0.15, 0.2) is 35.0 Å². The molecule has 23 heavy (non-hydrogen) atoms. The zero-order chi connectivity index (χ0) is 15.6. The van der Waals surface area contributed by atoms with Gasteiger partial charge in [0.2, 0.25) is 0 Å². The Morgan fingerprint density at radius 1 is 1.22 bits per heavy atom. The fourth-order valence-electron chi connectivity index (χ4n) is 3.12. The van der Waals surface area contributed by atoms with Gasteiger partial charge >= 0.3 is 0 Å². The summed E-state index contributed by atoms with van der Waals surface area (Å²) in [7, 11) is 2.07. The van der Waals surface area contributed by atoms with Gasteiger partial charge in [-0.2, -0.15) is 5.10 Å². The van der Waals surface area contributed by atoms with E-state index in [1.807, 2.05) is 24.3 Å². The highest BCUT2D eigenvalue weighted by Crippen LogP contribution is 2.24. The molecule has 0 spiro atoms. The lowest BCUT2D eigenvalue weighted by atomic mass is 10.2. The lowest BCUT2D eigenvalue weighted by Crippen LogP contribution is -2.18. The van der Waals surface area contributed by atoms with Crippen LogP contribution in [0.1, 0.15) is 29.1 Å². The second-order valence-electron chi connectivity index (χ2n) is 6.05. The minimum absolute atomic E-state index is 0.696. The van der Waals surface area contributed by atoms with Crippen LogP contribution in [0, 0.1) is 0 Å². The van der Waals surface area contributed by atoms with Crippen LogP contribution in [-0.2, 0) is 25.9 Å². The van der Waals surface area contributed by atoms with Crippen molar-refractivity contribution >= 4 is 0 Å². The Balaban J connectivity index is 1.43. The lowest BCUT2D eigenvalue weighted by molar-refractivity contribution is 0.264. The summed E-state index contributed by atoms with van der Waals surface area (Å²) in [5.41, 5.74) is 5.48. The molecule has 0 saturated carbocycles. The van der Waals surface area contributed by atoms with Crippen LogP contribution in [0.3, 0.4) is 0 Å². The zero-order valence-electron chi connectivity index (χ0n) is 13.1. The van der Waals surface area contributed by atoms with Gasteiger partial charge in [-0.25, -0.2) is 0 Å². The minimum Gasteiger partial charge on any atom is -0.359 e. The van der Waals surface area contributed by atoms with Crippen molar-refractivity contribution in [3.8, 4) is 11.4 Å². The number of aromatic nitrogens is 4. The van der Waals surface area contributed by atoms with Gasteiger partial charge in [0, 0.05) is 24.5 Å². The molecule has 0 bridgehead atoms. The predicted molar refractivity (Wildman–Crippen MR) is 85.5 cm³/mol. The molecule has 3 aromatic heterocycles. The average Bonchev–Trinajstić information content (AvgIpc) is 3.27. The Bertz CT molecular complexity index is 792. The summed E-state index contributed by atoms with van der Waals surface area (Å²) in [5.74, 6) is 0.834. The van der Waals surface area contributed by atoms with Crippen molar-refractivity contribution in [1.82, 2.24) is 25.2 Å². The smallest absolute Gasteiger partial charge is 0.151 e. The first kappa shape index (κ1) is 14.1. The molecule has 0 aromatic carbocycles. The van der Waals surface area contributed by atoms with E-state index in [9.17, 15) is 0 Å². The minimum atomic E-state index is 0.696. The number of hydrogen-bond donors (Lipinski definition) is 1. The van der Waals surface area contributed by atoms with E-state index in [-0.39, 0.29) is 0 Å². The number of nitrogens with one attached hydrogen (secondary N) is 1. The maximum absolute atomic E-state index is 5.44. The molecule has 0 amide bonds. The fourth-order valence-corrected chi connectivity index (χ4v) is 3.12. The number of hydrogen-bond acceptors (Lipinski definition) is 5. The Labute approximate surface area is 134 Å². The molecule has 6 heteroatoms. The topological polar surface area (TPSA) is 70.8 Å². The third-order valence-corrected chi connectivity index (χ3v) is 4.22. The fraction of sp³-hybridized carbons (Fsp3) is 0.353. The summed E-state index contributed by atoms with van der Waals surface area (Å²) in [4.78, 5) is 6.48. The average molecular weight is 309 g/mol. The number of aryl methyl sites for hydroxylation is 1. The van der Waals surface area contributed by atoms with E-state index in [2.05, 4.69) is 32.3 Å². The van der Waals surface area contributed by atoms with Gasteiger partial charge in [-0.1, -0.05) is 11.2 Å². The van der Waals surface area contributed by atoms with Crippen LogP contribution in [-0.4, -0.2) is 32.3 Å². The summed E-state index contributed by atoms with van der Waals surface area (Å²) >= 11 is 0. The summed E-state index contributed by atoms with van der Waals surface area (Å²) < 4.78 is 5.44. The SMILES string of the molecule is CN(Cc1cc(-c2ccccn2)no1)Cc1n[nH]c2c1CCC2. The number of rotatable bonds is 5. The van der Waals surface area contributed by atoms with Crippen molar-refractivity contribution in [1.29, 1.82) is 0 Å². The molecule has 3 heterocycles. The Morgan fingerprint density at radius 3 is 3.04 bits per heavy atom. The van der Waals surface area contributed by atoms with Gasteiger partial charge in [0.25, 0.3) is 0 Å². The molecule has 4 rings (SSSR count). The normalized spacial score (nSPS) is 13.7. The van der Waals surface area contributed by atoms with Gasteiger partial charge in [0.1, 0.15) is 5.69 Å². The molecule has 6 nitrogen and oxygen atoms in total. The number of pyridine rings is 1. The van der Waals surface area contributed by atoms with Gasteiger partial charge in [0.05, 0.1) is 17.9 Å². The Kier molecular flexibility index (Phi) is 3.67. The number of fused-ring (bicyclic) bond motifs is 1. The van der Waals surface area contributed by atoms with E-state index < -0.39 is 0 Å². The van der Waals surface area contributed by atoms with Crippen molar-refractivity contribution in [2.24, 2.45) is 0 Å². The zero-order valence-corrected chi connectivity index (χ0v) is 13.1. The molecule has 118 valence electrons. The van der Waals surface area contributed by atoms with Crippen molar-refractivity contribution in [3.05, 3.63) is 53.2 Å². The van der Waals surface area contributed by atoms with Crippen molar-refractivity contribution in [2.75, 3.05) is 7.05 Å². The van der Waals surface area contributed by atoms with E-state index in [1.165, 1.54) is 17.7 Å². The third-order valence-electron chi connectivity index (χ3n) is 4.22. The van der Waals surface area contributed by atoms with Crippen LogP contribution in [0.5, 0.6) is 0 Å². The second-order valence-corrected chi connectivity index (χ2v) is 6.05. The molecule has 1 aliphatic rings. The van der Waals surface area contributed by atoms with Gasteiger partial charge in [-0.3, -0.25) is 15.0 Å². The summed E-state index contributed by atoms with van der Waals surface area (Å²) in [6.45, 7) is 1.51. The molecule has 0 radical (unpaired) electrons. The maximum atomic E-state index is 5.44. The Morgan fingerprint density at radius 2 is 2.17 bits per heavy atom. The number of nitrogens with zero attached hydrogens (tertiary/aromatic N) is 4. The molecule has 1 N–H and O–H groups in total. The molecule has 0 atom stereocenters. The first-order valence-corrected chi connectivity index (χ1v) is 7.90. The molecule has 0 saturated heterocycles. The monoisotopic (exact) mass is 309 g/mol. The highest BCUT2D eigenvalue weighted by molar-refractivity contribution is 5.52. The van der Waals surface area contributed by atoms with E-state index in [0.717, 1.165) is 42.2 Å². The van der Waals surface area contributed by atoms with Crippen molar-refractivity contribution < 1.29 is 4.52 Å². The largest absolute Gasteiger partial charge is 0.359 e. The number of H-pyrrole nitrogens is 1. The van der Waals surface area contributed by atoms with E-state index >= 15 is 0 Å². The standard InChI is InChI=1S/C17H19N5O/c1-22(11-17-13-5-4-7-14(13)19-20-17)10-12-9-16(21-23-12)15-6-2-3-8-18-15/h2-3,6,8-9H,4-5,7,10-11H2,1H3,(H,19,20). The van der Waals surface area contributed by atoms with Gasteiger partial charge < -0.3 is 4.52 Å². The third kappa shape index (κ3) is 2.90. The molecular formula is C17H19N5O. The summed E-state index contributed by atoms with van der Waals surface area (Å²) in [6.07, 6.45) is 5.26. The molecule has 0 unspecified atom stereocenters. The van der Waals surface area contributed by atoms with E-state index in [0.29, 0.717) is 6.54 Å². The highest BCUT2D eigenvalue weighted by Gasteiger charge is 2.19. The van der Waals surface area contributed by atoms with Gasteiger partial charge in [0.15, 0.2) is 5.76 Å². The Hall–Kier alpha value is -2.47. The van der Waals surface area contributed by atoms with Crippen molar-refractivity contribution in [2.45, 2.75) is 32.4 Å². The van der Waals surface area contributed by atoms with E-state index in [4.69, 9.17) is 4.52 Å². The quantitative estimate of drug-likeness (QED) is 0.784. The second kappa shape index (κ2) is 5.96. The molecule has 1 aliphatic carbocycles. The predicted octanol–water partition coefficient (Wildman–Crippen LogP) is 2.58. The summed E-state index contributed by atoms with van der Waals surface area (Å²) in [5, 5.41) is 11.7. The van der Waals surface area contributed by atoms with Crippen LogP contribution in [0.25, 0.3) is 11.4 Å².